The van der Waals surface area contributed by atoms with E-state index < -0.39 is 17.6 Å². The second kappa shape index (κ2) is 6.09. The average Bonchev–Trinajstić information content (AvgIpc) is 2.76. The van der Waals surface area contributed by atoms with Gasteiger partial charge in [0.25, 0.3) is 11.8 Å². The molecule has 0 unspecified atom stereocenters. The Bertz CT molecular complexity index is 875. The number of hydrogen-bond donors (Lipinski definition) is 1. The third kappa shape index (κ3) is 2.78. The van der Waals surface area contributed by atoms with Crippen LogP contribution in [0.2, 0.25) is 5.02 Å². The summed E-state index contributed by atoms with van der Waals surface area (Å²) in [6, 6.07) is 10.7. The molecule has 24 heavy (non-hydrogen) atoms. The number of nitrogens with zero attached hydrogens (tertiary/aromatic N) is 1. The van der Waals surface area contributed by atoms with Gasteiger partial charge in [-0.15, -0.1) is 0 Å². The van der Waals surface area contributed by atoms with Crippen molar-refractivity contribution in [2.45, 2.75) is 6.92 Å². The highest BCUT2D eigenvalue weighted by Crippen LogP contribution is 2.31. The van der Waals surface area contributed by atoms with Crippen molar-refractivity contribution in [3.05, 3.63) is 70.1 Å². The first-order valence-corrected chi connectivity index (χ1v) is 7.62. The van der Waals surface area contributed by atoms with Crippen molar-refractivity contribution in [1.29, 1.82) is 0 Å². The number of aryl methyl sites for hydroxylation is 1. The molecule has 1 heterocycles. The minimum absolute atomic E-state index is 0.152. The number of amides is 2. The molecular weight excluding hydrogens is 331 g/mol. The van der Waals surface area contributed by atoms with Gasteiger partial charge in [-0.25, -0.2) is 4.39 Å². The summed E-state index contributed by atoms with van der Waals surface area (Å²) in [6.45, 7) is 1.86. The van der Waals surface area contributed by atoms with Gasteiger partial charge >= 0.3 is 0 Å². The van der Waals surface area contributed by atoms with Gasteiger partial charge in [0, 0.05) is 17.8 Å². The highest BCUT2D eigenvalue weighted by molar-refractivity contribution is 6.36. The predicted molar refractivity (Wildman–Crippen MR) is 90.9 cm³/mol. The zero-order valence-electron chi connectivity index (χ0n) is 13.1. The smallest absolute Gasteiger partial charge is 0.277 e. The number of imide groups is 1. The van der Waals surface area contributed by atoms with Crippen LogP contribution in [0.15, 0.2) is 48.2 Å². The fraction of sp³-hybridized carbons (Fsp3) is 0.111. The summed E-state index contributed by atoms with van der Waals surface area (Å²) in [5.41, 5.74) is 2.34. The summed E-state index contributed by atoms with van der Waals surface area (Å²) < 4.78 is 13.2. The summed E-state index contributed by atoms with van der Waals surface area (Å²) in [7, 11) is 1.41. The highest BCUT2D eigenvalue weighted by Gasteiger charge is 2.36. The minimum atomic E-state index is -0.446. The number of halogens is 2. The van der Waals surface area contributed by atoms with Gasteiger partial charge < -0.3 is 5.32 Å². The maximum Gasteiger partial charge on any atom is 0.277 e. The fourth-order valence-corrected chi connectivity index (χ4v) is 2.68. The van der Waals surface area contributed by atoms with Crippen LogP contribution in [0.1, 0.15) is 11.1 Å². The van der Waals surface area contributed by atoms with Crippen molar-refractivity contribution in [2.24, 2.45) is 0 Å². The van der Waals surface area contributed by atoms with Crippen molar-refractivity contribution in [2.75, 3.05) is 12.4 Å². The van der Waals surface area contributed by atoms with E-state index >= 15 is 0 Å². The Morgan fingerprint density at radius 3 is 2.38 bits per heavy atom. The van der Waals surface area contributed by atoms with E-state index in [4.69, 9.17) is 11.6 Å². The van der Waals surface area contributed by atoms with Crippen LogP contribution >= 0.6 is 11.6 Å². The van der Waals surface area contributed by atoms with E-state index in [0.717, 1.165) is 10.5 Å². The Morgan fingerprint density at radius 1 is 1.04 bits per heavy atom. The SMILES string of the molecule is Cc1ccc(Cl)cc1NC1=C(c2ccc(F)cc2)C(=O)N(C)C1=O. The summed E-state index contributed by atoms with van der Waals surface area (Å²) in [5.74, 6) is -1.29. The second-order valence-corrected chi connectivity index (χ2v) is 5.95. The first-order valence-electron chi connectivity index (χ1n) is 7.24. The number of nitrogens with one attached hydrogen (secondary N) is 1. The van der Waals surface area contributed by atoms with Gasteiger partial charge in [-0.3, -0.25) is 14.5 Å². The van der Waals surface area contributed by atoms with Crippen LogP contribution in [0.4, 0.5) is 10.1 Å². The summed E-state index contributed by atoms with van der Waals surface area (Å²) in [4.78, 5) is 25.9. The monoisotopic (exact) mass is 344 g/mol. The Balaban J connectivity index is 2.12. The lowest BCUT2D eigenvalue weighted by molar-refractivity contribution is -0.135. The molecule has 1 aliphatic rings. The van der Waals surface area contributed by atoms with E-state index in [1.807, 2.05) is 13.0 Å². The zero-order valence-corrected chi connectivity index (χ0v) is 13.8. The molecule has 1 N–H and O–H groups in total. The number of likely N-dealkylation sites (N-methyl/N-ethyl adjacent to an activating group) is 1. The van der Waals surface area contributed by atoms with Gasteiger partial charge in [0.05, 0.1) is 5.57 Å². The third-order valence-electron chi connectivity index (χ3n) is 3.88. The van der Waals surface area contributed by atoms with Crippen LogP contribution in [-0.4, -0.2) is 23.8 Å². The quantitative estimate of drug-likeness (QED) is 0.865. The number of carbonyl (C=O) groups is 2. The number of hydrogen-bond acceptors (Lipinski definition) is 3. The van der Waals surface area contributed by atoms with Gasteiger partial charge in [0.1, 0.15) is 11.5 Å². The highest BCUT2D eigenvalue weighted by atomic mass is 35.5. The van der Waals surface area contributed by atoms with E-state index in [0.29, 0.717) is 16.3 Å². The molecule has 0 atom stereocenters. The van der Waals surface area contributed by atoms with Gasteiger partial charge in [0.2, 0.25) is 0 Å². The van der Waals surface area contributed by atoms with E-state index in [9.17, 15) is 14.0 Å². The maximum atomic E-state index is 13.2. The van der Waals surface area contributed by atoms with Gasteiger partial charge in [0.15, 0.2) is 0 Å². The lowest BCUT2D eigenvalue weighted by Gasteiger charge is -2.11. The first kappa shape index (κ1) is 16.2. The molecule has 0 bridgehead atoms. The largest absolute Gasteiger partial charge is 0.350 e. The number of carbonyl (C=O) groups excluding carboxylic acids is 2. The van der Waals surface area contributed by atoms with Crippen molar-refractivity contribution in [1.82, 2.24) is 4.90 Å². The van der Waals surface area contributed by atoms with Crippen LogP contribution in [0.3, 0.4) is 0 Å². The zero-order chi connectivity index (χ0) is 17.4. The molecule has 2 aromatic rings. The Labute approximate surface area is 143 Å². The number of benzene rings is 2. The molecule has 6 heteroatoms. The molecule has 0 saturated carbocycles. The molecule has 0 aliphatic carbocycles. The maximum absolute atomic E-state index is 13.2. The molecule has 3 rings (SSSR count). The van der Waals surface area contributed by atoms with Gasteiger partial charge in [-0.1, -0.05) is 29.8 Å². The van der Waals surface area contributed by atoms with E-state index in [2.05, 4.69) is 5.32 Å². The molecule has 0 fully saturated rings. The van der Waals surface area contributed by atoms with Crippen LogP contribution in [0.25, 0.3) is 5.57 Å². The van der Waals surface area contributed by atoms with Crippen LogP contribution in [0, 0.1) is 12.7 Å². The molecule has 4 nitrogen and oxygen atoms in total. The lowest BCUT2D eigenvalue weighted by Crippen LogP contribution is -2.28. The Morgan fingerprint density at radius 2 is 1.71 bits per heavy atom. The minimum Gasteiger partial charge on any atom is -0.350 e. The van der Waals surface area contributed by atoms with E-state index in [1.165, 1.54) is 31.3 Å². The normalized spacial score (nSPS) is 14.6. The van der Waals surface area contributed by atoms with Crippen molar-refractivity contribution in [3.8, 4) is 0 Å². The summed E-state index contributed by atoms with van der Waals surface area (Å²) >= 11 is 6.01. The van der Waals surface area contributed by atoms with Crippen LogP contribution in [0.5, 0.6) is 0 Å². The number of anilines is 1. The van der Waals surface area contributed by atoms with E-state index in [1.54, 1.807) is 12.1 Å². The number of rotatable bonds is 3. The predicted octanol–water partition coefficient (Wildman–Crippen LogP) is 3.61. The lowest BCUT2D eigenvalue weighted by atomic mass is 10.0. The topological polar surface area (TPSA) is 49.4 Å². The van der Waals surface area contributed by atoms with Gasteiger partial charge in [-0.2, -0.15) is 0 Å². The van der Waals surface area contributed by atoms with Crippen molar-refractivity contribution < 1.29 is 14.0 Å². The molecule has 2 amide bonds. The molecule has 2 aromatic carbocycles. The van der Waals surface area contributed by atoms with Crippen molar-refractivity contribution in [3.63, 3.8) is 0 Å². The molecule has 0 radical (unpaired) electrons. The van der Waals surface area contributed by atoms with Gasteiger partial charge in [-0.05, 0) is 42.3 Å². The standard InChI is InChI=1S/C18H14ClFN2O2/c1-10-3-6-12(19)9-14(10)21-16-15(17(23)22(2)18(16)24)11-4-7-13(20)8-5-11/h3-9,21H,1-2H3. The molecule has 0 saturated heterocycles. The summed E-state index contributed by atoms with van der Waals surface area (Å²) in [5, 5.41) is 3.52. The van der Waals surface area contributed by atoms with Crippen LogP contribution in [-0.2, 0) is 9.59 Å². The molecule has 0 aromatic heterocycles. The average molecular weight is 345 g/mol. The second-order valence-electron chi connectivity index (χ2n) is 5.51. The van der Waals surface area contributed by atoms with Crippen molar-refractivity contribution >= 4 is 34.7 Å². The molecule has 122 valence electrons. The van der Waals surface area contributed by atoms with E-state index in [-0.39, 0.29) is 11.3 Å². The molecule has 1 aliphatic heterocycles. The Kier molecular flexibility index (Phi) is 4.11. The third-order valence-corrected chi connectivity index (χ3v) is 4.11. The molecular formula is C18H14ClFN2O2. The first-order chi connectivity index (χ1) is 11.4. The fourth-order valence-electron chi connectivity index (χ4n) is 2.51. The van der Waals surface area contributed by atoms with Crippen LogP contribution < -0.4 is 5.32 Å². The Hall–Kier alpha value is -2.66. The summed E-state index contributed by atoms with van der Waals surface area (Å²) in [6.07, 6.45) is 0. The molecule has 0 spiro atoms.